The second-order valence-electron chi connectivity index (χ2n) is 10.3. The summed E-state index contributed by atoms with van der Waals surface area (Å²) in [4.78, 5) is 21.4. The normalized spacial score (nSPS) is 14.2. The molecule has 0 aromatic rings. The van der Waals surface area contributed by atoms with Gasteiger partial charge in [0.15, 0.2) is 0 Å². The highest BCUT2D eigenvalue weighted by Crippen LogP contribution is 2.44. The van der Waals surface area contributed by atoms with E-state index in [0.29, 0.717) is 19.4 Å². The fourth-order valence-corrected chi connectivity index (χ4v) is 5.31. The van der Waals surface area contributed by atoms with Crippen molar-refractivity contribution in [3.8, 4) is 0 Å². The average Bonchev–Trinajstić information content (AvgIpc) is 2.82. The maximum Gasteiger partial charge on any atom is 0.472 e. The molecule has 7 heteroatoms. The maximum atomic E-state index is 12.0. The van der Waals surface area contributed by atoms with E-state index in [0.717, 1.165) is 25.7 Å². The van der Waals surface area contributed by atoms with Crippen molar-refractivity contribution in [2.45, 2.75) is 149 Å². The molecule has 0 aromatic carbocycles. The quantitative estimate of drug-likeness (QED) is 0.0794. The van der Waals surface area contributed by atoms with Crippen molar-refractivity contribution in [3.63, 3.8) is 0 Å². The van der Waals surface area contributed by atoms with Gasteiger partial charge < -0.3 is 15.4 Å². The summed E-state index contributed by atoms with van der Waals surface area (Å²) < 4.78 is 22.1. The van der Waals surface area contributed by atoms with Crippen molar-refractivity contribution in [3.05, 3.63) is 0 Å². The molecule has 0 bridgehead atoms. The first-order chi connectivity index (χ1) is 16.9. The second kappa shape index (κ2) is 25.4. The molecule has 0 aliphatic carbocycles. The predicted octanol–water partition coefficient (Wildman–Crippen LogP) is 8.50. The van der Waals surface area contributed by atoms with E-state index in [2.05, 4.69) is 6.92 Å². The summed E-state index contributed by atoms with van der Waals surface area (Å²) >= 11 is 0. The average molecular weight is 520 g/mol. The van der Waals surface area contributed by atoms with Crippen molar-refractivity contribution < 1.29 is 23.3 Å². The highest BCUT2D eigenvalue weighted by atomic mass is 31.2. The number of hydrogen-bond acceptors (Lipinski definition) is 5. The number of phosphoric acid groups is 1. The topological polar surface area (TPSA) is 98.8 Å². The number of nitrogens with two attached hydrogens (primary N) is 1. The highest BCUT2D eigenvalue weighted by molar-refractivity contribution is 7.47. The standard InChI is InChI=1S/C28H58NO5P/c1-3-4-5-6-7-8-9-10-11-12-13-14-15-16-17-18-19-22-28(25-27(2)30)26-34-35(31,32)33-24-21-20-23-29/h28H,3-26,29H2,1-2H3,(H,31,32). The van der Waals surface area contributed by atoms with Crippen molar-refractivity contribution in [2.75, 3.05) is 19.8 Å². The largest absolute Gasteiger partial charge is 0.472 e. The number of carbonyl (C=O) groups is 1. The Kier molecular flexibility index (Phi) is 25.2. The van der Waals surface area contributed by atoms with Crippen molar-refractivity contribution in [2.24, 2.45) is 11.7 Å². The van der Waals surface area contributed by atoms with Gasteiger partial charge in [0.2, 0.25) is 0 Å². The van der Waals surface area contributed by atoms with E-state index >= 15 is 0 Å². The Bertz CT molecular complexity index is 518. The van der Waals surface area contributed by atoms with Crippen LogP contribution in [0.5, 0.6) is 0 Å². The molecule has 0 heterocycles. The van der Waals surface area contributed by atoms with Crippen LogP contribution in [0.2, 0.25) is 0 Å². The first kappa shape index (κ1) is 34.7. The van der Waals surface area contributed by atoms with Crippen LogP contribution in [0.3, 0.4) is 0 Å². The van der Waals surface area contributed by atoms with Crippen LogP contribution in [0.1, 0.15) is 149 Å². The van der Waals surface area contributed by atoms with Gasteiger partial charge in [0.25, 0.3) is 0 Å². The van der Waals surface area contributed by atoms with E-state index < -0.39 is 7.82 Å². The van der Waals surface area contributed by atoms with E-state index in [1.165, 1.54) is 96.3 Å². The van der Waals surface area contributed by atoms with Gasteiger partial charge in [0, 0.05) is 6.42 Å². The van der Waals surface area contributed by atoms with Crippen LogP contribution in [0.4, 0.5) is 0 Å². The van der Waals surface area contributed by atoms with Gasteiger partial charge in [-0.15, -0.1) is 0 Å². The number of carbonyl (C=O) groups excluding carboxylic acids is 1. The molecule has 0 rings (SSSR count). The number of ketones is 1. The Labute approximate surface area is 217 Å². The summed E-state index contributed by atoms with van der Waals surface area (Å²) in [5.74, 6) is 0.0548. The summed E-state index contributed by atoms with van der Waals surface area (Å²) in [5, 5.41) is 0. The fourth-order valence-electron chi connectivity index (χ4n) is 4.47. The molecule has 0 saturated heterocycles. The first-order valence-corrected chi connectivity index (χ1v) is 16.2. The SMILES string of the molecule is CCCCCCCCCCCCCCCCCCCC(COP(=O)(O)OCCCCN)CC(C)=O. The fraction of sp³-hybridized carbons (Fsp3) is 0.964. The minimum atomic E-state index is -4.06. The van der Waals surface area contributed by atoms with Crippen LogP contribution in [0.25, 0.3) is 0 Å². The van der Waals surface area contributed by atoms with Gasteiger partial charge in [0.1, 0.15) is 5.78 Å². The zero-order valence-corrected chi connectivity index (χ0v) is 24.0. The van der Waals surface area contributed by atoms with E-state index in [-0.39, 0.29) is 24.9 Å². The molecular formula is C28H58NO5P. The summed E-state index contributed by atoms with van der Waals surface area (Å²) in [6, 6.07) is 0. The molecule has 2 unspecified atom stereocenters. The maximum absolute atomic E-state index is 12.0. The minimum absolute atomic E-state index is 0.0306. The third-order valence-corrected chi connectivity index (χ3v) is 7.60. The third-order valence-electron chi connectivity index (χ3n) is 6.62. The van der Waals surface area contributed by atoms with Crippen molar-refractivity contribution >= 4 is 13.6 Å². The first-order valence-electron chi connectivity index (χ1n) is 14.7. The molecule has 0 amide bonds. The molecule has 0 spiro atoms. The summed E-state index contributed by atoms with van der Waals surface area (Å²) in [7, 11) is -4.06. The Morgan fingerprint density at radius 3 is 1.63 bits per heavy atom. The predicted molar refractivity (Wildman–Crippen MR) is 148 cm³/mol. The van der Waals surface area contributed by atoms with Gasteiger partial charge in [-0.25, -0.2) is 4.57 Å². The van der Waals surface area contributed by atoms with Gasteiger partial charge >= 0.3 is 7.82 Å². The monoisotopic (exact) mass is 519 g/mol. The molecule has 0 fully saturated rings. The smallest absolute Gasteiger partial charge is 0.330 e. The van der Waals surface area contributed by atoms with Crippen LogP contribution in [0, 0.1) is 5.92 Å². The molecule has 0 saturated carbocycles. The molecule has 0 aliphatic rings. The molecule has 35 heavy (non-hydrogen) atoms. The summed E-state index contributed by atoms with van der Waals surface area (Å²) in [6.45, 7) is 4.60. The van der Waals surface area contributed by atoms with Crippen LogP contribution in [0.15, 0.2) is 0 Å². The number of rotatable bonds is 28. The van der Waals surface area contributed by atoms with Gasteiger partial charge in [-0.2, -0.15) is 0 Å². The Morgan fingerprint density at radius 1 is 0.743 bits per heavy atom. The molecule has 0 aliphatic heterocycles. The lowest BCUT2D eigenvalue weighted by Gasteiger charge is -2.18. The molecule has 0 aromatic heterocycles. The van der Waals surface area contributed by atoms with Gasteiger partial charge in [-0.3, -0.25) is 9.05 Å². The van der Waals surface area contributed by atoms with Gasteiger partial charge in [0.05, 0.1) is 13.2 Å². The minimum Gasteiger partial charge on any atom is -0.330 e. The molecule has 210 valence electrons. The number of hydrogen-bond donors (Lipinski definition) is 2. The lowest BCUT2D eigenvalue weighted by atomic mass is 9.96. The lowest BCUT2D eigenvalue weighted by Crippen LogP contribution is -2.13. The van der Waals surface area contributed by atoms with Crippen molar-refractivity contribution in [1.29, 1.82) is 0 Å². The molecular weight excluding hydrogens is 461 g/mol. The number of unbranched alkanes of at least 4 members (excludes halogenated alkanes) is 17. The number of phosphoric ester groups is 1. The van der Waals surface area contributed by atoms with E-state index in [1.54, 1.807) is 6.92 Å². The zero-order valence-electron chi connectivity index (χ0n) is 23.2. The van der Waals surface area contributed by atoms with Crippen LogP contribution in [-0.4, -0.2) is 30.4 Å². The third kappa shape index (κ3) is 26.6. The molecule has 6 nitrogen and oxygen atoms in total. The Balaban J connectivity index is 3.67. The van der Waals surface area contributed by atoms with Gasteiger partial charge in [-0.05, 0) is 38.6 Å². The zero-order chi connectivity index (χ0) is 26.0. The second-order valence-corrected chi connectivity index (χ2v) is 11.8. The number of Topliss-reactive ketones (excluding diaryl/α,β-unsaturated/α-hetero) is 1. The lowest BCUT2D eigenvalue weighted by molar-refractivity contribution is -0.118. The summed E-state index contributed by atoms with van der Waals surface area (Å²) in [6.07, 6.45) is 25.3. The highest BCUT2D eigenvalue weighted by Gasteiger charge is 2.23. The Morgan fingerprint density at radius 2 is 1.20 bits per heavy atom. The van der Waals surface area contributed by atoms with E-state index in [4.69, 9.17) is 14.8 Å². The summed E-state index contributed by atoms with van der Waals surface area (Å²) in [5.41, 5.74) is 5.41. The van der Waals surface area contributed by atoms with Crippen LogP contribution in [-0.2, 0) is 18.4 Å². The van der Waals surface area contributed by atoms with Crippen LogP contribution >= 0.6 is 7.82 Å². The van der Waals surface area contributed by atoms with E-state index in [9.17, 15) is 14.3 Å². The Hall–Kier alpha value is -0.260. The van der Waals surface area contributed by atoms with Crippen molar-refractivity contribution in [1.82, 2.24) is 0 Å². The van der Waals surface area contributed by atoms with E-state index in [1.807, 2.05) is 0 Å². The molecule has 0 radical (unpaired) electrons. The molecule has 2 atom stereocenters. The molecule has 3 N–H and O–H groups in total. The van der Waals surface area contributed by atoms with Crippen LogP contribution < -0.4 is 5.73 Å². The van der Waals surface area contributed by atoms with Gasteiger partial charge in [-0.1, -0.05) is 116 Å².